The van der Waals surface area contributed by atoms with E-state index in [9.17, 15) is 4.79 Å². The van der Waals surface area contributed by atoms with E-state index in [1.54, 1.807) is 17.1 Å². The number of hydrogen-bond acceptors (Lipinski definition) is 7. The second kappa shape index (κ2) is 5.80. The van der Waals surface area contributed by atoms with Crippen LogP contribution >= 0.6 is 0 Å². The maximum atomic E-state index is 11.5. The Morgan fingerprint density at radius 3 is 3.05 bits per heavy atom. The molecule has 0 spiro atoms. The average Bonchev–Trinajstić information content (AvgIpc) is 2.93. The van der Waals surface area contributed by atoms with Crippen molar-refractivity contribution in [2.24, 2.45) is 0 Å². The van der Waals surface area contributed by atoms with Gasteiger partial charge in [-0.05, 0) is 6.07 Å². The summed E-state index contributed by atoms with van der Waals surface area (Å²) in [6.07, 6.45) is 4.86. The molecular formula is C11H14N6O2. The Kier molecular flexibility index (Phi) is 3.91. The summed E-state index contributed by atoms with van der Waals surface area (Å²) in [4.78, 5) is 15.6. The van der Waals surface area contributed by atoms with E-state index >= 15 is 0 Å². The van der Waals surface area contributed by atoms with Crippen LogP contribution in [0.3, 0.4) is 0 Å². The van der Waals surface area contributed by atoms with E-state index in [1.807, 2.05) is 0 Å². The van der Waals surface area contributed by atoms with Crippen LogP contribution in [0.25, 0.3) is 0 Å². The second-order valence-corrected chi connectivity index (χ2v) is 3.71. The number of pyridine rings is 1. The van der Waals surface area contributed by atoms with Crippen LogP contribution in [0, 0.1) is 0 Å². The number of carbonyl (C=O) groups is 1. The second-order valence-electron chi connectivity index (χ2n) is 3.71. The number of nitrogens with two attached hydrogens (primary N) is 1. The van der Waals surface area contributed by atoms with Crippen molar-refractivity contribution < 1.29 is 9.53 Å². The molecule has 0 radical (unpaired) electrons. The van der Waals surface area contributed by atoms with E-state index in [0.717, 1.165) is 0 Å². The molecule has 0 saturated heterocycles. The van der Waals surface area contributed by atoms with Crippen molar-refractivity contribution in [3.63, 3.8) is 0 Å². The molecule has 2 heterocycles. The van der Waals surface area contributed by atoms with Crippen LogP contribution in [0.15, 0.2) is 24.7 Å². The maximum Gasteiger partial charge on any atom is 0.340 e. The number of nitrogen functional groups attached to an aromatic ring is 1. The van der Waals surface area contributed by atoms with Crippen molar-refractivity contribution >= 4 is 17.5 Å². The average molecular weight is 262 g/mol. The van der Waals surface area contributed by atoms with E-state index in [-0.39, 0.29) is 5.69 Å². The molecule has 0 aromatic carbocycles. The fourth-order valence-corrected chi connectivity index (χ4v) is 1.54. The van der Waals surface area contributed by atoms with Gasteiger partial charge in [-0.3, -0.25) is 4.68 Å². The van der Waals surface area contributed by atoms with Crippen LogP contribution < -0.4 is 11.1 Å². The number of esters is 1. The van der Waals surface area contributed by atoms with Crippen molar-refractivity contribution in [1.29, 1.82) is 0 Å². The highest BCUT2D eigenvalue weighted by Gasteiger charge is 2.13. The lowest BCUT2D eigenvalue weighted by Crippen LogP contribution is -2.15. The smallest absolute Gasteiger partial charge is 0.340 e. The van der Waals surface area contributed by atoms with Gasteiger partial charge >= 0.3 is 5.97 Å². The van der Waals surface area contributed by atoms with Gasteiger partial charge in [-0.1, -0.05) is 5.21 Å². The Hall–Kier alpha value is -2.64. The minimum absolute atomic E-state index is 0.271. The molecule has 100 valence electrons. The van der Waals surface area contributed by atoms with Gasteiger partial charge in [0.15, 0.2) is 0 Å². The van der Waals surface area contributed by atoms with Gasteiger partial charge in [-0.2, -0.15) is 0 Å². The SMILES string of the molecule is COC(=O)c1ccnc(NCCn2ccnn2)c1N. The molecule has 0 saturated carbocycles. The lowest BCUT2D eigenvalue weighted by molar-refractivity contribution is 0.0602. The predicted octanol–water partition coefficient (Wildman–Crippen LogP) is 0.154. The molecular weight excluding hydrogens is 248 g/mol. The van der Waals surface area contributed by atoms with E-state index < -0.39 is 5.97 Å². The van der Waals surface area contributed by atoms with Crippen molar-refractivity contribution in [3.8, 4) is 0 Å². The molecule has 0 unspecified atom stereocenters. The van der Waals surface area contributed by atoms with E-state index in [1.165, 1.54) is 19.4 Å². The van der Waals surface area contributed by atoms with Crippen molar-refractivity contribution in [2.45, 2.75) is 6.54 Å². The summed E-state index contributed by atoms with van der Waals surface area (Å²) in [5.74, 6) is -0.0396. The van der Waals surface area contributed by atoms with Crippen LogP contribution in [0.5, 0.6) is 0 Å². The normalized spacial score (nSPS) is 10.2. The molecule has 19 heavy (non-hydrogen) atoms. The van der Waals surface area contributed by atoms with Crippen LogP contribution in [0.1, 0.15) is 10.4 Å². The molecule has 0 aliphatic carbocycles. The Balaban J connectivity index is 2.02. The van der Waals surface area contributed by atoms with Gasteiger partial charge in [0, 0.05) is 18.9 Å². The molecule has 2 aromatic rings. The number of aromatic nitrogens is 4. The lowest BCUT2D eigenvalue weighted by Gasteiger charge is -2.10. The number of anilines is 2. The molecule has 0 aliphatic heterocycles. The van der Waals surface area contributed by atoms with Gasteiger partial charge in [-0.25, -0.2) is 9.78 Å². The molecule has 2 rings (SSSR count). The quantitative estimate of drug-likeness (QED) is 0.738. The zero-order valence-corrected chi connectivity index (χ0v) is 10.4. The highest BCUT2D eigenvalue weighted by Crippen LogP contribution is 2.20. The summed E-state index contributed by atoms with van der Waals surface area (Å²) in [6.45, 7) is 1.18. The number of hydrogen-bond donors (Lipinski definition) is 2. The minimum atomic E-state index is -0.487. The summed E-state index contributed by atoms with van der Waals surface area (Å²) in [5, 5.41) is 10.6. The Morgan fingerprint density at radius 2 is 2.37 bits per heavy atom. The molecule has 0 fully saturated rings. The van der Waals surface area contributed by atoms with Crippen molar-refractivity contribution in [2.75, 3.05) is 24.7 Å². The van der Waals surface area contributed by atoms with E-state index in [2.05, 4.69) is 25.3 Å². The summed E-state index contributed by atoms with van der Waals surface area (Å²) in [5.41, 5.74) is 6.42. The first-order valence-corrected chi connectivity index (χ1v) is 5.63. The van der Waals surface area contributed by atoms with Crippen LogP contribution in [-0.2, 0) is 11.3 Å². The van der Waals surface area contributed by atoms with Crippen LogP contribution in [0.4, 0.5) is 11.5 Å². The third-order valence-corrected chi connectivity index (χ3v) is 2.50. The van der Waals surface area contributed by atoms with E-state index in [4.69, 9.17) is 5.73 Å². The standard InChI is InChI=1S/C11H14N6O2/c1-19-11(18)8-2-3-13-10(9(8)12)14-4-6-17-7-5-15-16-17/h2-3,5,7H,4,6,12H2,1H3,(H,13,14). The molecule has 0 aliphatic rings. The highest BCUT2D eigenvalue weighted by molar-refractivity contribution is 5.97. The highest BCUT2D eigenvalue weighted by atomic mass is 16.5. The first kappa shape index (κ1) is 12.8. The van der Waals surface area contributed by atoms with Crippen molar-refractivity contribution in [1.82, 2.24) is 20.0 Å². The fraction of sp³-hybridized carbons (Fsp3) is 0.273. The Bertz CT molecular complexity index is 554. The van der Waals surface area contributed by atoms with Crippen LogP contribution in [0.2, 0.25) is 0 Å². The topological polar surface area (TPSA) is 108 Å². The van der Waals surface area contributed by atoms with Gasteiger partial charge in [0.25, 0.3) is 0 Å². The van der Waals surface area contributed by atoms with Crippen LogP contribution in [-0.4, -0.2) is 39.6 Å². The summed E-state index contributed by atoms with van der Waals surface area (Å²) >= 11 is 0. The number of nitrogens with zero attached hydrogens (tertiary/aromatic N) is 4. The number of ether oxygens (including phenoxy) is 1. The Morgan fingerprint density at radius 1 is 1.53 bits per heavy atom. The molecule has 2 aromatic heterocycles. The van der Waals surface area contributed by atoms with Crippen molar-refractivity contribution in [3.05, 3.63) is 30.2 Å². The number of nitrogens with one attached hydrogen (secondary N) is 1. The maximum absolute atomic E-state index is 11.5. The summed E-state index contributed by atoms with van der Waals surface area (Å²) in [6, 6.07) is 1.52. The third kappa shape index (κ3) is 2.97. The van der Waals surface area contributed by atoms with Gasteiger partial charge in [-0.15, -0.1) is 5.10 Å². The zero-order chi connectivity index (χ0) is 13.7. The predicted molar refractivity (Wildman–Crippen MR) is 68.5 cm³/mol. The van der Waals surface area contributed by atoms with E-state index in [0.29, 0.717) is 24.5 Å². The molecule has 8 heteroatoms. The lowest BCUT2D eigenvalue weighted by atomic mass is 10.2. The molecule has 8 nitrogen and oxygen atoms in total. The summed E-state index contributed by atoms with van der Waals surface area (Å²) in [7, 11) is 1.31. The fourth-order valence-electron chi connectivity index (χ4n) is 1.54. The monoisotopic (exact) mass is 262 g/mol. The number of carbonyl (C=O) groups excluding carboxylic acids is 1. The molecule has 0 atom stereocenters. The number of rotatable bonds is 5. The van der Waals surface area contributed by atoms with Gasteiger partial charge in [0.05, 0.1) is 31.1 Å². The first-order chi connectivity index (χ1) is 9.22. The largest absolute Gasteiger partial charge is 0.465 e. The molecule has 3 N–H and O–H groups in total. The first-order valence-electron chi connectivity index (χ1n) is 5.63. The Labute approximate surface area is 109 Å². The van der Waals surface area contributed by atoms with Gasteiger partial charge in [0.1, 0.15) is 5.82 Å². The third-order valence-electron chi connectivity index (χ3n) is 2.50. The molecule has 0 bridgehead atoms. The summed E-state index contributed by atoms with van der Waals surface area (Å²) < 4.78 is 6.31. The minimum Gasteiger partial charge on any atom is -0.465 e. The van der Waals surface area contributed by atoms with Gasteiger partial charge < -0.3 is 15.8 Å². The molecule has 0 amide bonds. The number of methoxy groups -OCH3 is 1. The van der Waals surface area contributed by atoms with Gasteiger partial charge in [0.2, 0.25) is 0 Å². The zero-order valence-electron chi connectivity index (χ0n) is 10.4.